The first-order valence-corrected chi connectivity index (χ1v) is 8.49. The van der Waals surface area contributed by atoms with Crippen molar-refractivity contribution in [1.29, 1.82) is 0 Å². The number of hydrogen-bond donors (Lipinski definition) is 1. The van der Waals surface area contributed by atoms with Crippen LogP contribution < -0.4 is 5.73 Å². The van der Waals surface area contributed by atoms with E-state index in [1.807, 2.05) is 0 Å². The zero-order valence-electron chi connectivity index (χ0n) is 13.4. The molecule has 1 fully saturated rings. The predicted octanol–water partition coefficient (Wildman–Crippen LogP) is 2.27. The highest BCUT2D eigenvalue weighted by Crippen LogP contribution is 2.23. The van der Waals surface area contributed by atoms with Crippen LogP contribution in [0.4, 0.5) is 0 Å². The van der Waals surface area contributed by atoms with Gasteiger partial charge in [-0.25, -0.2) is 4.79 Å². The minimum atomic E-state index is -0.633. The number of likely N-dealkylation sites (tertiary alicyclic amines) is 1. The molecule has 1 aliphatic heterocycles. The van der Waals surface area contributed by atoms with Crippen LogP contribution in [0.15, 0.2) is 24.3 Å². The van der Waals surface area contributed by atoms with Gasteiger partial charge in [-0.3, -0.25) is 9.59 Å². The Bertz CT molecular complexity index is 698. The average Bonchev–Trinajstić information content (AvgIpc) is 2.60. The lowest BCUT2D eigenvalue weighted by Gasteiger charge is -2.30. The van der Waals surface area contributed by atoms with E-state index in [1.54, 1.807) is 23.1 Å². The van der Waals surface area contributed by atoms with Gasteiger partial charge in [-0.15, -0.1) is 0 Å². The Kier molecular flexibility index (Phi) is 6.84. The number of ether oxygens (including phenoxy) is 1. The average molecular weight is 385 g/mol. The van der Waals surface area contributed by atoms with E-state index in [0.29, 0.717) is 41.5 Å². The Morgan fingerprint density at radius 2 is 1.88 bits per heavy atom. The van der Waals surface area contributed by atoms with Gasteiger partial charge in [-0.2, -0.15) is 0 Å². The van der Waals surface area contributed by atoms with Crippen molar-refractivity contribution in [3.05, 3.63) is 39.9 Å². The lowest BCUT2D eigenvalue weighted by molar-refractivity contribution is -0.149. The molecule has 1 heterocycles. The fraction of sp³-hybridized carbons (Fsp3) is 0.353. The van der Waals surface area contributed by atoms with Gasteiger partial charge in [0.25, 0.3) is 5.91 Å². The fourth-order valence-electron chi connectivity index (χ4n) is 2.47. The van der Waals surface area contributed by atoms with Crippen molar-refractivity contribution in [2.45, 2.75) is 12.8 Å². The number of nitrogens with two attached hydrogens (primary N) is 1. The number of benzene rings is 1. The SMILES string of the molecule is NC(=O)C1CCN(C(=O)COC(=O)/C=C/c2ccc(Cl)c(Cl)c2)CC1. The maximum atomic E-state index is 12.0. The molecule has 6 nitrogen and oxygen atoms in total. The fourth-order valence-corrected chi connectivity index (χ4v) is 2.77. The van der Waals surface area contributed by atoms with Gasteiger partial charge in [0, 0.05) is 25.1 Å². The third kappa shape index (κ3) is 5.76. The number of carbonyl (C=O) groups is 3. The number of primary amides is 1. The summed E-state index contributed by atoms with van der Waals surface area (Å²) >= 11 is 11.7. The van der Waals surface area contributed by atoms with Crippen molar-refractivity contribution in [3.8, 4) is 0 Å². The van der Waals surface area contributed by atoms with Crippen LogP contribution >= 0.6 is 23.2 Å². The smallest absolute Gasteiger partial charge is 0.331 e. The summed E-state index contributed by atoms with van der Waals surface area (Å²) in [5, 5.41) is 0.804. The Labute approximate surface area is 155 Å². The topological polar surface area (TPSA) is 89.7 Å². The van der Waals surface area contributed by atoms with Crippen molar-refractivity contribution in [1.82, 2.24) is 4.90 Å². The Morgan fingerprint density at radius 1 is 1.20 bits per heavy atom. The van der Waals surface area contributed by atoms with Crippen molar-refractivity contribution in [3.63, 3.8) is 0 Å². The van der Waals surface area contributed by atoms with Crippen molar-refractivity contribution >= 4 is 47.1 Å². The first-order chi connectivity index (χ1) is 11.9. The van der Waals surface area contributed by atoms with Gasteiger partial charge < -0.3 is 15.4 Å². The molecule has 0 saturated carbocycles. The Hall–Kier alpha value is -2.05. The molecule has 1 aromatic rings. The molecule has 2 N–H and O–H groups in total. The summed E-state index contributed by atoms with van der Waals surface area (Å²) in [6, 6.07) is 4.93. The van der Waals surface area contributed by atoms with Gasteiger partial charge in [0.1, 0.15) is 0 Å². The molecule has 8 heteroatoms. The number of carbonyl (C=O) groups excluding carboxylic acids is 3. The highest BCUT2D eigenvalue weighted by molar-refractivity contribution is 6.42. The van der Waals surface area contributed by atoms with E-state index in [1.165, 1.54) is 12.2 Å². The number of nitrogens with zero attached hydrogens (tertiary/aromatic N) is 1. The third-order valence-electron chi connectivity index (χ3n) is 3.94. The van der Waals surface area contributed by atoms with Gasteiger partial charge in [0.05, 0.1) is 10.0 Å². The van der Waals surface area contributed by atoms with E-state index in [-0.39, 0.29) is 24.3 Å². The largest absolute Gasteiger partial charge is 0.452 e. The summed E-state index contributed by atoms with van der Waals surface area (Å²) in [5.74, 6) is -1.46. The van der Waals surface area contributed by atoms with E-state index in [9.17, 15) is 14.4 Å². The first-order valence-electron chi connectivity index (χ1n) is 7.74. The van der Waals surface area contributed by atoms with Crippen LogP contribution in [0.5, 0.6) is 0 Å². The number of rotatable bonds is 5. The standard InChI is InChI=1S/C17H18Cl2N2O4/c18-13-3-1-11(9-14(13)19)2-4-16(23)25-10-15(22)21-7-5-12(6-8-21)17(20)24/h1-4,9,12H,5-8,10H2,(H2,20,24)/b4-2+. The third-order valence-corrected chi connectivity index (χ3v) is 4.68. The van der Waals surface area contributed by atoms with Gasteiger partial charge in [-0.05, 0) is 36.6 Å². The summed E-state index contributed by atoms with van der Waals surface area (Å²) < 4.78 is 4.94. The quantitative estimate of drug-likeness (QED) is 0.622. The lowest BCUT2D eigenvalue weighted by atomic mass is 9.96. The van der Waals surface area contributed by atoms with E-state index in [0.717, 1.165) is 0 Å². The molecule has 134 valence electrons. The van der Waals surface area contributed by atoms with Crippen molar-refractivity contribution in [2.24, 2.45) is 11.7 Å². The van der Waals surface area contributed by atoms with Gasteiger partial charge in [-0.1, -0.05) is 29.3 Å². The molecular formula is C17H18Cl2N2O4. The zero-order valence-corrected chi connectivity index (χ0v) is 14.9. The van der Waals surface area contributed by atoms with Crippen LogP contribution in [0.1, 0.15) is 18.4 Å². The minimum absolute atomic E-state index is 0.194. The van der Waals surface area contributed by atoms with Gasteiger partial charge in [0.15, 0.2) is 6.61 Å². The molecule has 1 saturated heterocycles. The second-order valence-electron chi connectivity index (χ2n) is 5.67. The molecule has 1 aliphatic rings. The maximum absolute atomic E-state index is 12.0. The lowest BCUT2D eigenvalue weighted by Crippen LogP contribution is -2.43. The van der Waals surface area contributed by atoms with Crippen LogP contribution in [0, 0.1) is 5.92 Å². The maximum Gasteiger partial charge on any atom is 0.331 e. The summed E-state index contributed by atoms with van der Waals surface area (Å²) in [5.41, 5.74) is 5.94. The molecular weight excluding hydrogens is 367 g/mol. The molecule has 0 bridgehead atoms. The number of amides is 2. The Balaban J connectivity index is 1.77. The summed E-state index contributed by atoms with van der Waals surface area (Å²) in [6.07, 6.45) is 3.80. The van der Waals surface area contributed by atoms with E-state index in [4.69, 9.17) is 33.7 Å². The number of piperidine rings is 1. The molecule has 2 amide bonds. The summed E-state index contributed by atoms with van der Waals surface area (Å²) in [6.45, 7) is 0.526. The second kappa shape index (κ2) is 8.87. The first kappa shape index (κ1) is 19.3. The summed E-state index contributed by atoms with van der Waals surface area (Å²) in [4.78, 5) is 36.4. The molecule has 1 aromatic carbocycles. The number of hydrogen-bond acceptors (Lipinski definition) is 4. The molecule has 25 heavy (non-hydrogen) atoms. The highest BCUT2D eigenvalue weighted by Gasteiger charge is 2.26. The van der Waals surface area contributed by atoms with Gasteiger partial charge >= 0.3 is 5.97 Å². The molecule has 0 aliphatic carbocycles. The van der Waals surface area contributed by atoms with Crippen LogP contribution in [0.2, 0.25) is 10.0 Å². The van der Waals surface area contributed by atoms with Crippen LogP contribution in [-0.2, 0) is 19.1 Å². The molecule has 2 rings (SSSR count). The van der Waals surface area contributed by atoms with Crippen molar-refractivity contribution in [2.75, 3.05) is 19.7 Å². The van der Waals surface area contributed by atoms with E-state index in [2.05, 4.69) is 0 Å². The van der Waals surface area contributed by atoms with Crippen molar-refractivity contribution < 1.29 is 19.1 Å². The van der Waals surface area contributed by atoms with Crippen LogP contribution in [0.25, 0.3) is 6.08 Å². The normalized spacial score (nSPS) is 15.4. The van der Waals surface area contributed by atoms with E-state index < -0.39 is 5.97 Å². The predicted molar refractivity (Wildman–Crippen MR) is 95.0 cm³/mol. The zero-order chi connectivity index (χ0) is 18.4. The van der Waals surface area contributed by atoms with E-state index >= 15 is 0 Å². The minimum Gasteiger partial charge on any atom is -0.452 e. The van der Waals surface area contributed by atoms with Crippen LogP contribution in [0.3, 0.4) is 0 Å². The van der Waals surface area contributed by atoms with Gasteiger partial charge in [0.2, 0.25) is 5.91 Å². The molecule has 0 spiro atoms. The molecule has 0 atom stereocenters. The second-order valence-corrected chi connectivity index (χ2v) is 6.49. The monoisotopic (exact) mass is 384 g/mol. The Morgan fingerprint density at radius 3 is 2.48 bits per heavy atom. The van der Waals surface area contributed by atoms with Crippen LogP contribution in [-0.4, -0.2) is 42.4 Å². The molecule has 0 radical (unpaired) electrons. The number of halogens is 2. The summed E-state index contributed by atoms with van der Waals surface area (Å²) in [7, 11) is 0. The molecule has 0 unspecified atom stereocenters. The number of esters is 1. The highest BCUT2D eigenvalue weighted by atomic mass is 35.5. The molecule has 0 aromatic heterocycles.